The van der Waals surface area contributed by atoms with Crippen LogP contribution in [0.3, 0.4) is 0 Å². The Bertz CT molecular complexity index is 542. The molecule has 0 radical (unpaired) electrons. The third-order valence-corrected chi connectivity index (χ3v) is 3.84. The summed E-state index contributed by atoms with van der Waals surface area (Å²) in [4.78, 5) is 3.94. The zero-order valence-electron chi connectivity index (χ0n) is 8.55. The van der Waals surface area contributed by atoms with E-state index >= 15 is 0 Å². The van der Waals surface area contributed by atoms with Gasteiger partial charge in [-0.05, 0) is 50.7 Å². The number of rotatable bonds is 2. The first kappa shape index (κ1) is 12.6. The number of nitrogens with one attached hydrogen (secondary N) is 1. The molecule has 0 atom stereocenters. The van der Waals surface area contributed by atoms with Gasteiger partial charge in [0.05, 0.1) is 31.3 Å². The van der Waals surface area contributed by atoms with E-state index in [1.807, 2.05) is 22.6 Å². The predicted octanol–water partition coefficient (Wildman–Crippen LogP) is 3.91. The molecule has 17 heavy (non-hydrogen) atoms. The normalized spacial score (nSPS) is 10.3. The summed E-state index contributed by atoms with van der Waals surface area (Å²) >= 11 is 5.29. The average molecular weight is 408 g/mol. The fourth-order valence-corrected chi connectivity index (χ4v) is 2.26. The molecule has 2 aromatic rings. The largest absolute Gasteiger partial charge is 0.396 e. The smallest absolute Gasteiger partial charge is 0.138 e. The summed E-state index contributed by atoms with van der Waals surface area (Å²) in [7, 11) is 0. The van der Waals surface area contributed by atoms with Gasteiger partial charge in [0.15, 0.2) is 0 Å². The molecule has 1 aromatic heterocycles. The van der Waals surface area contributed by atoms with Crippen LogP contribution >= 0.6 is 38.5 Å². The molecule has 0 aliphatic carbocycles. The van der Waals surface area contributed by atoms with E-state index in [-0.39, 0.29) is 5.82 Å². The standard InChI is InChI=1S/C11H8BrFIN3/c12-6-4-16-5-8(15)11(6)17-9-3-1-2-7(13)10(9)14/h1-5H,15H2,(H,16,17). The van der Waals surface area contributed by atoms with Crippen LogP contribution in [-0.4, -0.2) is 4.98 Å². The summed E-state index contributed by atoms with van der Waals surface area (Å²) in [5.41, 5.74) is 7.66. The minimum absolute atomic E-state index is 0.264. The van der Waals surface area contributed by atoms with Gasteiger partial charge in [0.1, 0.15) is 5.82 Å². The third kappa shape index (κ3) is 2.68. The number of anilines is 3. The fraction of sp³-hybridized carbons (Fsp3) is 0. The second-order valence-corrected chi connectivity index (χ2v) is 5.25. The lowest BCUT2D eigenvalue weighted by Gasteiger charge is -2.12. The van der Waals surface area contributed by atoms with Gasteiger partial charge in [-0.2, -0.15) is 0 Å². The first-order chi connectivity index (χ1) is 8.09. The van der Waals surface area contributed by atoms with Crippen LogP contribution in [0.25, 0.3) is 0 Å². The molecule has 0 bridgehead atoms. The summed E-state index contributed by atoms with van der Waals surface area (Å²) in [6.45, 7) is 0. The lowest BCUT2D eigenvalue weighted by Crippen LogP contribution is -2.00. The van der Waals surface area contributed by atoms with Crippen LogP contribution in [0.5, 0.6) is 0 Å². The first-order valence-corrected chi connectivity index (χ1v) is 6.57. The zero-order valence-corrected chi connectivity index (χ0v) is 12.3. The molecular weight excluding hydrogens is 400 g/mol. The maximum absolute atomic E-state index is 13.4. The van der Waals surface area contributed by atoms with Gasteiger partial charge >= 0.3 is 0 Å². The van der Waals surface area contributed by atoms with Gasteiger partial charge < -0.3 is 11.1 Å². The highest BCUT2D eigenvalue weighted by atomic mass is 127. The van der Waals surface area contributed by atoms with Crippen molar-refractivity contribution in [2.75, 3.05) is 11.1 Å². The lowest BCUT2D eigenvalue weighted by molar-refractivity contribution is 0.621. The first-order valence-electron chi connectivity index (χ1n) is 4.69. The highest BCUT2D eigenvalue weighted by Crippen LogP contribution is 2.32. The Hall–Kier alpha value is -0.890. The van der Waals surface area contributed by atoms with Crippen molar-refractivity contribution < 1.29 is 4.39 Å². The van der Waals surface area contributed by atoms with E-state index in [2.05, 4.69) is 26.2 Å². The Morgan fingerprint density at radius 1 is 1.35 bits per heavy atom. The molecule has 88 valence electrons. The number of pyridine rings is 1. The highest BCUT2D eigenvalue weighted by Gasteiger charge is 2.09. The van der Waals surface area contributed by atoms with Crippen molar-refractivity contribution >= 4 is 55.6 Å². The Morgan fingerprint density at radius 2 is 2.12 bits per heavy atom. The SMILES string of the molecule is Nc1cncc(Br)c1Nc1cccc(F)c1I. The highest BCUT2D eigenvalue weighted by molar-refractivity contribution is 14.1. The summed E-state index contributed by atoms with van der Waals surface area (Å²) in [5.74, 6) is -0.264. The van der Waals surface area contributed by atoms with E-state index in [1.165, 1.54) is 6.07 Å². The van der Waals surface area contributed by atoms with E-state index in [9.17, 15) is 4.39 Å². The summed E-state index contributed by atoms with van der Waals surface area (Å²) < 4.78 is 14.6. The molecule has 0 unspecified atom stereocenters. The van der Waals surface area contributed by atoms with Crippen LogP contribution in [0.2, 0.25) is 0 Å². The van der Waals surface area contributed by atoms with E-state index in [1.54, 1.807) is 24.5 Å². The minimum atomic E-state index is -0.264. The molecular formula is C11H8BrFIN3. The van der Waals surface area contributed by atoms with Gasteiger partial charge in [-0.3, -0.25) is 4.98 Å². The Kier molecular flexibility index (Phi) is 3.82. The van der Waals surface area contributed by atoms with Crippen LogP contribution in [-0.2, 0) is 0 Å². The molecule has 0 aliphatic heterocycles. The molecule has 3 N–H and O–H groups in total. The number of halogens is 3. The third-order valence-electron chi connectivity index (χ3n) is 2.14. The molecule has 6 heteroatoms. The van der Waals surface area contributed by atoms with Crippen LogP contribution in [0.4, 0.5) is 21.5 Å². The fourth-order valence-electron chi connectivity index (χ4n) is 1.32. The summed E-state index contributed by atoms with van der Waals surface area (Å²) in [6, 6.07) is 4.85. The van der Waals surface area contributed by atoms with Crippen LogP contribution in [0.1, 0.15) is 0 Å². The van der Waals surface area contributed by atoms with E-state index < -0.39 is 0 Å². The molecule has 1 heterocycles. The number of nitrogens with two attached hydrogens (primary N) is 1. The number of hydrogen-bond donors (Lipinski definition) is 2. The molecule has 0 amide bonds. The molecule has 0 saturated carbocycles. The molecule has 0 fully saturated rings. The Morgan fingerprint density at radius 3 is 2.82 bits per heavy atom. The van der Waals surface area contributed by atoms with Crippen LogP contribution in [0, 0.1) is 9.39 Å². The number of nitrogen functional groups attached to an aromatic ring is 1. The molecule has 0 aliphatic rings. The number of aromatic nitrogens is 1. The molecule has 1 aromatic carbocycles. The van der Waals surface area contributed by atoms with Gasteiger partial charge in [-0.15, -0.1) is 0 Å². The topological polar surface area (TPSA) is 50.9 Å². The van der Waals surface area contributed by atoms with Crippen molar-refractivity contribution in [2.45, 2.75) is 0 Å². The summed E-state index contributed by atoms with van der Waals surface area (Å²) in [5, 5.41) is 3.09. The van der Waals surface area contributed by atoms with Crippen LogP contribution < -0.4 is 11.1 Å². The monoisotopic (exact) mass is 407 g/mol. The van der Waals surface area contributed by atoms with E-state index in [0.717, 1.165) is 4.47 Å². The van der Waals surface area contributed by atoms with E-state index in [0.29, 0.717) is 20.6 Å². The molecule has 3 nitrogen and oxygen atoms in total. The lowest BCUT2D eigenvalue weighted by atomic mass is 10.3. The predicted molar refractivity (Wildman–Crippen MR) is 78.7 cm³/mol. The Balaban J connectivity index is 2.42. The second-order valence-electron chi connectivity index (χ2n) is 3.31. The maximum Gasteiger partial charge on any atom is 0.138 e. The van der Waals surface area contributed by atoms with Gasteiger partial charge in [0.25, 0.3) is 0 Å². The van der Waals surface area contributed by atoms with Crippen molar-refractivity contribution in [2.24, 2.45) is 0 Å². The van der Waals surface area contributed by atoms with Crippen molar-refractivity contribution in [3.05, 3.63) is 44.5 Å². The maximum atomic E-state index is 13.4. The van der Waals surface area contributed by atoms with Crippen molar-refractivity contribution in [1.82, 2.24) is 4.98 Å². The average Bonchev–Trinajstić information content (AvgIpc) is 2.29. The number of hydrogen-bond acceptors (Lipinski definition) is 3. The zero-order chi connectivity index (χ0) is 12.4. The van der Waals surface area contributed by atoms with Crippen molar-refractivity contribution in [3.63, 3.8) is 0 Å². The molecule has 0 saturated heterocycles. The number of benzene rings is 1. The molecule has 2 rings (SSSR count). The second kappa shape index (κ2) is 5.18. The van der Waals surface area contributed by atoms with Gasteiger partial charge in [0, 0.05) is 6.20 Å². The van der Waals surface area contributed by atoms with Crippen LogP contribution in [0.15, 0.2) is 35.1 Å². The van der Waals surface area contributed by atoms with E-state index in [4.69, 9.17) is 5.73 Å². The Labute approximate surface area is 120 Å². The summed E-state index contributed by atoms with van der Waals surface area (Å²) in [6.07, 6.45) is 3.17. The quantitative estimate of drug-likeness (QED) is 0.742. The van der Waals surface area contributed by atoms with Crippen molar-refractivity contribution in [1.29, 1.82) is 0 Å². The number of nitrogens with zero attached hydrogens (tertiary/aromatic N) is 1. The van der Waals surface area contributed by atoms with Crippen molar-refractivity contribution in [3.8, 4) is 0 Å². The van der Waals surface area contributed by atoms with Gasteiger partial charge in [-0.1, -0.05) is 6.07 Å². The van der Waals surface area contributed by atoms with Gasteiger partial charge in [-0.25, -0.2) is 4.39 Å². The molecule has 0 spiro atoms. The van der Waals surface area contributed by atoms with Gasteiger partial charge in [0.2, 0.25) is 0 Å². The minimum Gasteiger partial charge on any atom is -0.396 e.